The molecule has 68 valence electrons. The fourth-order valence-electron chi connectivity index (χ4n) is 0.488. The Bertz CT molecular complexity index is 175. The second-order valence-corrected chi connectivity index (χ2v) is 2.48. The van der Waals surface area contributed by atoms with Crippen molar-refractivity contribution in [2.45, 2.75) is 6.42 Å². The molecule has 0 heterocycles. The molecule has 0 aliphatic carbocycles. The van der Waals surface area contributed by atoms with Crippen LogP contribution in [0.3, 0.4) is 0 Å². The number of phenolic OH excluding ortho intramolecular Hbond substituents is 1. The molecule has 2 nitrogen and oxygen atoms in total. The van der Waals surface area contributed by atoms with E-state index in [1.807, 2.05) is 6.07 Å². The molecule has 0 aromatic heterocycles. The van der Waals surface area contributed by atoms with Gasteiger partial charge in [-0.1, -0.05) is 18.2 Å². The largest absolute Gasteiger partial charge is 0.508 e. The number of hydrogen-bond acceptors (Lipinski definition) is 2. The first kappa shape index (κ1) is 11.3. The van der Waals surface area contributed by atoms with Crippen LogP contribution in [0.15, 0.2) is 30.3 Å². The number of rotatable bonds is 2. The number of halogens is 1. The van der Waals surface area contributed by atoms with Crippen LogP contribution in [0.25, 0.3) is 0 Å². The molecule has 12 heavy (non-hydrogen) atoms. The van der Waals surface area contributed by atoms with E-state index in [1.54, 1.807) is 24.3 Å². The number of benzene rings is 1. The topological polar surface area (TPSA) is 40.5 Å². The summed E-state index contributed by atoms with van der Waals surface area (Å²) < 4.78 is 0. The Morgan fingerprint density at radius 3 is 1.92 bits per heavy atom. The van der Waals surface area contributed by atoms with Gasteiger partial charge in [0.15, 0.2) is 0 Å². The van der Waals surface area contributed by atoms with Crippen LogP contribution in [0.5, 0.6) is 5.75 Å². The summed E-state index contributed by atoms with van der Waals surface area (Å²) in [6, 6.07) is 8.71. The van der Waals surface area contributed by atoms with E-state index < -0.39 is 0 Å². The van der Waals surface area contributed by atoms with Crippen molar-refractivity contribution in [1.82, 2.24) is 0 Å². The van der Waals surface area contributed by atoms with E-state index in [4.69, 9.17) is 21.8 Å². The van der Waals surface area contributed by atoms with Gasteiger partial charge in [0.05, 0.1) is 0 Å². The van der Waals surface area contributed by atoms with Gasteiger partial charge < -0.3 is 10.2 Å². The summed E-state index contributed by atoms with van der Waals surface area (Å²) in [6.45, 7) is 0.212. The molecule has 2 N–H and O–H groups in total. The minimum absolute atomic E-state index is 0.212. The lowest BCUT2D eigenvalue weighted by atomic mass is 10.3. The average Bonchev–Trinajstić information content (AvgIpc) is 2.08. The number of alkyl halides is 1. The van der Waals surface area contributed by atoms with Gasteiger partial charge in [0.25, 0.3) is 0 Å². The molecule has 1 aromatic carbocycles. The van der Waals surface area contributed by atoms with Crippen molar-refractivity contribution in [1.29, 1.82) is 0 Å². The van der Waals surface area contributed by atoms with Crippen LogP contribution in [-0.2, 0) is 0 Å². The van der Waals surface area contributed by atoms with Gasteiger partial charge in [-0.25, -0.2) is 0 Å². The number of phenols is 1. The zero-order valence-electron chi connectivity index (χ0n) is 6.78. The zero-order valence-corrected chi connectivity index (χ0v) is 7.54. The highest BCUT2D eigenvalue weighted by molar-refractivity contribution is 6.17. The first-order chi connectivity index (χ1) is 5.81. The van der Waals surface area contributed by atoms with E-state index in [9.17, 15) is 0 Å². The van der Waals surface area contributed by atoms with Crippen molar-refractivity contribution in [2.75, 3.05) is 12.5 Å². The quantitative estimate of drug-likeness (QED) is 0.697. The van der Waals surface area contributed by atoms with Crippen molar-refractivity contribution in [3.8, 4) is 5.75 Å². The van der Waals surface area contributed by atoms with Gasteiger partial charge >= 0.3 is 0 Å². The minimum Gasteiger partial charge on any atom is -0.508 e. The first-order valence-corrected chi connectivity index (χ1v) is 4.25. The summed E-state index contributed by atoms with van der Waals surface area (Å²) in [6.07, 6.45) is 0.710. The molecule has 0 aliphatic heterocycles. The standard InChI is InChI=1S/C6H6O.C3H7ClO/c7-6-4-2-1-3-5-6;4-2-1-3-5/h1-5,7H;5H,1-3H2. The SMILES string of the molecule is OCCCCl.Oc1ccccc1. The average molecular weight is 189 g/mol. The monoisotopic (exact) mass is 188 g/mol. The second-order valence-electron chi connectivity index (χ2n) is 2.10. The number of aliphatic hydroxyl groups excluding tert-OH is 1. The van der Waals surface area contributed by atoms with Gasteiger partial charge in [-0.05, 0) is 18.6 Å². The van der Waals surface area contributed by atoms with Gasteiger partial charge in [-0.3, -0.25) is 0 Å². The Morgan fingerprint density at radius 1 is 1.17 bits per heavy atom. The molecule has 0 bridgehead atoms. The Morgan fingerprint density at radius 2 is 1.75 bits per heavy atom. The van der Waals surface area contributed by atoms with E-state index >= 15 is 0 Å². The molecule has 0 radical (unpaired) electrons. The maximum absolute atomic E-state index is 8.63. The summed E-state index contributed by atoms with van der Waals surface area (Å²) in [5.74, 6) is 0.888. The third-order valence-corrected chi connectivity index (χ3v) is 1.32. The lowest BCUT2D eigenvalue weighted by molar-refractivity contribution is 0.296. The predicted molar refractivity (Wildman–Crippen MR) is 50.5 cm³/mol. The van der Waals surface area contributed by atoms with E-state index in [-0.39, 0.29) is 6.61 Å². The molecule has 0 aliphatic rings. The van der Waals surface area contributed by atoms with Gasteiger partial charge in [0, 0.05) is 12.5 Å². The first-order valence-electron chi connectivity index (χ1n) is 3.72. The smallest absolute Gasteiger partial charge is 0.115 e. The van der Waals surface area contributed by atoms with Crippen LogP contribution in [0.1, 0.15) is 6.42 Å². The van der Waals surface area contributed by atoms with Crippen LogP contribution < -0.4 is 0 Å². The van der Waals surface area contributed by atoms with Crippen molar-refractivity contribution in [3.63, 3.8) is 0 Å². The third-order valence-electron chi connectivity index (χ3n) is 1.05. The molecule has 0 amide bonds. The molecule has 0 fully saturated rings. The van der Waals surface area contributed by atoms with Crippen LogP contribution >= 0.6 is 11.6 Å². The van der Waals surface area contributed by atoms with Gasteiger partial charge in [-0.2, -0.15) is 0 Å². The highest BCUT2D eigenvalue weighted by atomic mass is 35.5. The second kappa shape index (κ2) is 8.37. The summed E-state index contributed by atoms with van der Waals surface area (Å²) >= 11 is 5.14. The van der Waals surface area contributed by atoms with Crippen molar-refractivity contribution >= 4 is 11.6 Å². The molecule has 0 saturated carbocycles. The van der Waals surface area contributed by atoms with E-state index in [1.165, 1.54) is 0 Å². The van der Waals surface area contributed by atoms with Crippen molar-refractivity contribution in [2.24, 2.45) is 0 Å². The predicted octanol–water partition coefficient (Wildman–Crippen LogP) is 2.00. The molecule has 1 rings (SSSR count). The molecular weight excluding hydrogens is 176 g/mol. The summed E-state index contributed by atoms with van der Waals surface area (Å²) in [5.41, 5.74) is 0. The normalized spacial score (nSPS) is 8.50. The van der Waals surface area contributed by atoms with Crippen molar-refractivity contribution in [3.05, 3.63) is 30.3 Å². The summed E-state index contributed by atoms with van der Waals surface area (Å²) in [5, 5.41) is 16.6. The minimum atomic E-state index is 0.212. The fraction of sp³-hybridized carbons (Fsp3) is 0.333. The Labute approximate surface area is 77.4 Å². The maximum atomic E-state index is 8.63. The third kappa shape index (κ3) is 7.38. The number of para-hydroxylation sites is 1. The molecule has 0 unspecified atom stereocenters. The molecule has 0 atom stereocenters. The lowest BCUT2D eigenvalue weighted by Gasteiger charge is -1.82. The maximum Gasteiger partial charge on any atom is 0.115 e. The number of aliphatic hydroxyl groups is 1. The van der Waals surface area contributed by atoms with Crippen LogP contribution in [0, 0.1) is 0 Å². The van der Waals surface area contributed by atoms with Crippen LogP contribution in [0.4, 0.5) is 0 Å². The Hall–Kier alpha value is -0.730. The zero-order chi connectivity index (χ0) is 9.23. The van der Waals surface area contributed by atoms with E-state index in [0.717, 1.165) is 0 Å². The van der Waals surface area contributed by atoms with Crippen LogP contribution in [0.2, 0.25) is 0 Å². The summed E-state index contributed by atoms with van der Waals surface area (Å²) in [7, 11) is 0. The number of aromatic hydroxyl groups is 1. The van der Waals surface area contributed by atoms with E-state index in [0.29, 0.717) is 18.1 Å². The molecule has 3 heteroatoms. The molecule has 0 saturated heterocycles. The molecule has 1 aromatic rings. The van der Waals surface area contributed by atoms with Gasteiger partial charge in [0.1, 0.15) is 5.75 Å². The lowest BCUT2D eigenvalue weighted by Crippen LogP contribution is -1.79. The van der Waals surface area contributed by atoms with E-state index in [2.05, 4.69) is 0 Å². The Balaban J connectivity index is 0.000000217. The highest BCUT2D eigenvalue weighted by Gasteiger charge is 1.74. The number of hydrogen-bond donors (Lipinski definition) is 2. The molecular formula is C9H13ClO2. The fourth-order valence-corrected chi connectivity index (χ4v) is 0.607. The Kier molecular flexibility index (Phi) is 7.86. The van der Waals surface area contributed by atoms with Gasteiger partial charge in [0.2, 0.25) is 0 Å². The molecule has 0 spiro atoms. The van der Waals surface area contributed by atoms with Gasteiger partial charge in [-0.15, -0.1) is 11.6 Å². The summed E-state index contributed by atoms with van der Waals surface area (Å²) in [4.78, 5) is 0. The highest BCUT2D eigenvalue weighted by Crippen LogP contribution is 2.02. The van der Waals surface area contributed by atoms with Crippen molar-refractivity contribution < 1.29 is 10.2 Å². The van der Waals surface area contributed by atoms with Crippen LogP contribution in [-0.4, -0.2) is 22.7 Å².